The van der Waals surface area contributed by atoms with Gasteiger partial charge in [-0.25, -0.2) is 0 Å². The van der Waals surface area contributed by atoms with Crippen molar-refractivity contribution in [2.75, 3.05) is 0 Å². The second kappa shape index (κ2) is 9.33. The van der Waals surface area contributed by atoms with Crippen LogP contribution in [0, 0.1) is 13.8 Å². The predicted octanol–water partition coefficient (Wildman–Crippen LogP) is 4.87. The van der Waals surface area contributed by atoms with Gasteiger partial charge in [-0.15, -0.1) is 0 Å². The largest absolute Gasteiger partial charge is 0.348 e. The molecule has 0 saturated heterocycles. The molecular weight excluding hydrogens is 440 g/mol. The van der Waals surface area contributed by atoms with Crippen LogP contribution in [0.3, 0.4) is 0 Å². The van der Waals surface area contributed by atoms with E-state index in [0.717, 1.165) is 52.4 Å². The molecule has 1 aliphatic carbocycles. The topological polar surface area (TPSA) is 96.8 Å². The zero-order chi connectivity index (χ0) is 24.5. The fourth-order valence-electron chi connectivity index (χ4n) is 5.06. The number of aromatic amines is 1. The standard InChI is InChI=1S/C28H28N4O3/c1-17-11-18(2)31-28(35)24(17)14-29-27(34)23-12-21(20-9-7-19(16-33)8-10-20)13-26-25(23)15-30-32(26)22-5-3-4-6-22/h7-13,15-16,22H,3-6,14H2,1-2H3,(H,29,34)(H,31,35). The molecule has 178 valence electrons. The number of carbonyl (C=O) groups is 2. The number of rotatable bonds is 6. The van der Waals surface area contributed by atoms with Gasteiger partial charge in [0.15, 0.2) is 0 Å². The van der Waals surface area contributed by atoms with Gasteiger partial charge in [-0.05, 0) is 61.6 Å². The molecule has 1 aliphatic rings. The molecule has 7 heteroatoms. The highest BCUT2D eigenvalue weighted by atomic mass is 16.2. The smallest absolute Gasteiger partial charge is 0.253 e. The van der Waals surface area contributed by atoms with Crippen LogP contribution in [-0.2, 0) is 6.54 Å². The van der Waals surface area contributed by atoms with Crippen LogP contribution < -0.4 is 10.9 Å². The van der Waals surface area contributed by atoms with Gasteiger partial charge < -0.3 is 10.3 Å². The Balaban J connectivity index is 1.55. The molecule has 0 bridgehead atoms. The summed E-state index contributed by atoms with van der Waals surface area (Å²) < 4.78 is 2.05. The summed E-state index contributed by atoms with van der Waals surface area (Å²) in [7, 11) is 0. The number of aryl methyl sites for hydroxylation is 2. The Labute approximate surface area is 203 Å². The first-order valence-corrected chi connectivity index (χ1v) is 12.0. The van der Waals surface area contributed by atoms with Crippen molar-refractivity contribution in [3.05, 3.63) is 87.0 Å². The van der Waals surface area contributed by atoms with Gasteiger partial charge in [0.1, 0.15) is 6.29 Å². The lowest BCUT2D eigenvalue weighted by Crippen LogP contribution is -2.28. The lowest BCUT2D eigenvalue weighted by atomic mass is 9.98. The maximum Gasteiger partial charge on any atom is 0.253 e. The number of fused-ring (bicyclic) bond motifs is 1. The number of hydrogen-bond donors (Lipinski definition) is 2. The number of aromatic nitrogens is 3. The Bertz CT molecular complexity index is 1470. The number of amides is 1. The van der Waals surface area contributed by atoms with Crippen LogP contribution in [-0.4, -0.2) is 27.0 Å². The number of nitrogens with zero attached hydrogens (tertiary/aromatic N) is 2. The molecule has 1 fully saturated rings. The third-order valence-corrected chi connectivity index (χ3v) is 6.93. The number of benzene rings is 2. The van der Waals surface area contributed by atoms with E-state index >= 15 is 0 Å². The average Bonchev–Trinajstić information content (AvgIpc) is 3.52. The summed E-state index contributed by atoms with van der Waals surface area (Å²) in [5, 5.41) is 8.41. The molecule has 7 nitrogen and oxygen atoms in total. The Morgan fingerprint density at radius 3 is 2.54 bits per heavy atom. The third-order valence-electron chi connectivity index (χ3n) is 6.93. The minimum absolute atomic E-state index is 0.136. The number of H-pyrrole nitrogens is 1. The van der Waals surface area contributed by atoms with Gasteiger partial charge in [0.25, 0.3) is 11.5 Å². The highest BCUT2D eigenvalue weighted by molar-refractivity contribution is 6.08. The van der Waals surface area contributed by atoms with E-state index in [9.17, 15) is 14.4 Å². The first-order chi connectivity index (χ1) is 16.9. The summed E-state index contributed by atoms with van der Waals surface area (Å²) >= 11 is 0. The van der Waals surface area contributed by atoms with Gasteiger partial charge >= 0.3 is 0 Å². The summed E-state index contributed by atoms with van der Waals surface area (Å²) in [5.41, 5.74) is 5.81. The quantitative estimate of drug-likeness (QED) is 0.395. The summed E-state index contributed by atoms with van der Waals surface area (Å²) in [4.78, 5) is 39.7. The van der Waals surface area contributed by atoms with Crippen LogP contribution in [0.15, 0.2) is 53.5 Å². The summed E-state index contributed by atoms with van der Waals surface area (Å²) in [6, 6.07) is 13.5. The third kappa shape index (κ3) is 4.41. The van der Waals surface area contributed by atoms with Crippen molar-refractivity contribution in [2.24, 2.45) is 0 Å². The van der Waals surface area contributed by atoms with Crippen LogP contribution in [0.2, 0.25) is 0 Å². The van der Waals surface area contributed by atoms with E-state index in [1.54, 1.807) is 18.3 Å². The van der Waals surface area contributed by atoms with E-state index in [0.29, 0.717) is 22.7 Å². The molecule has 0 unspecified atom stereocenters. The van der Waals surface area contributed by atoms with Gasteiger partial charge in [0, 0.05) is 28.8 Å². The van der Waals surface area contributed by atoms with Crippen molar-refractivity contribution < 1.29 is 9.59 Å². The zero-order valence-corrected chi connectivity index (χ0v) is 19.9. The van der Waals surface area contributed by atoms with Gasteiger partial charge in [-0.3, -0.25) is 19.1 Å². The minimum Gasteiger partial charge on any atom is -0.348 e. The molecule has 1 amide bonds. The van der Waals surface area contributed by atoms with Crippen molar-refractivity contribution in [2.45, 2.75) is 52.1 Å². The fraction of sp³-hybridized carbons (Fsp3) is 0.286. The summed E-state index contributed by atoms with van der Waals surface area (Å²) in [6.07, 6.45) is 7.09. The molecule has 0 aliphatic heterocycles. The highest BCUT2D eigenvalue weighted by Crippen LogP contribution is 2.34. The van der Waals surface area contributed by atoms with E-state index in [-0.39, 0.29) is 18.0 Å². The van der Waals surface area contributed by atoms with Crippen molar-refractivity contribution in [3.8, 4) is 11.1 Å². The molecule has 0 radical (unpaired) electrons. The number of nitrogens with one attached hydrogen (secondary N) is 2. The first kappa shape index (κ1) is 22.8. The van der Waals surface area contributed by atoms with Gasteiger partial charge in [-0.2, -0.15) is 5.10 Å². The van der Waals surface area contributed by atoms with Crippen molar-refractivity contribution in [1.29, 1.82) is 0 Å². The average molecular weight is 469 g/mol. The lowest BCUT2D eigenvalue weighted by Gasteiger charge is -2.14. The fourth-order valence-corrected chi connectivity index (χ4v) is 5.06. The monoisotopic (exact) mass is 468 g/mol. The van der Waals surface area contributed by atoms with Crippen molar-refractivity contribution in [1.82, 2.24) is 20.1 Å². The number of carbonyl (C=O) groups excluding carboxylic acids is 2. The molecule has 0 atom stereocenters. The Morgan fingerprint density at radius 1 is 1.11 bits per heavy atom. The number of aldehydes is 1. The van der Waals surface area contributed by atoms with E-state index in [4.69, 9.17) is 0 Å². The molecule has 2 aromatic carbocycles. The molecule has 1 saturated carbocycles. The first-order valence-electron chi connectivity index (χ1n) is 12.0. The molecule has 2 heterocycles. The Morgan fingerprint density at radius 2 is 1.86 bits per heavy atom. The van der Waals surface area contributed by atoms with Crippen LogP contribution in [0.4, 0.5) is 0 Å². The lowest BCUT2D eigenvalue weighted by molar-refractivity contribution is 0.0952. The normalized spacial score (nSPS) is 13.9. The van der Waals surface area contributed by atoms with E-state index < -0.39 is 0 Å². The van der Waals surface area contributed by atoms with Crippen LogP contribution >= 0.6 is 0 Å². The van der Waals surface area contributed by atoms with Gasteiger partial charge in [0.05, 0.1) is 23.3 Å². The van der Waals surface area contributed by atoms with E-state index in [1.807, 2.05) is 38.1 Å². The number of hydrogen-bond acceptors (Lipinski definition) is 4. The second-order valence-corrected chi connectivity index (χ2v) is 9.35. The van der Waals surface area contributed by atoms with Gasteiger partial charge in [0.2, 0.25) is 0 Å². The predicted molar refractivity (Wildman–Crippen MR) is 136 cm³/mol. The van der Waals surface area contributed by atoms with Crippen molar-refractivity contribution >= 4 is 23.1 Å². The summed E-state index contributed by atoms with van der Waals surface area (Å²) in [5.74, 6) is -0.258. The Hall–Kier alpha value is -4.00. The van der Waals surface area contributed by atoms with E-state index in [2.05, 4.69) is 26.1 Å². The highest BCUT2D eigenvalue weighted by Gasteiger charge is 2.23. The molecular formula is C28H28N4O3. The molecule has 4 aromatic rings. The zero-order valence-electron chi connectivity index (χ0n) is 19.9. The van der Waals surface area contributed by atoms with Crippen LogP contribution in [0.1, 0.15) is 69.3 Å². The Kier molecular flexibility index (Phi) is 6.07. The summed E-state index contributed by atoms with van der Waals surface area (Å²) in [6.45, 7) is 3.84. The molecule has 5 rings (SSSR count). The van der Waals surface area contributed by atoms with Crippen molar-refractivity contribution in [3.63, 3.8) is 0 Å². The molecule has 0 spiro atoms. The molecule has 2 aromatic heterocycles. The molecule has 2 N–H and O–H groups in total. The van der Waals surface area contributed by atoms with Crippen LogP contribution in [0.5, 0.6) is 0 Å². The molecule has 35 heavy (non-hydrogen) atoms. The second-order valence-electron chi connectivity index (χ2n) is 9.35. The maximum atomic E-state index is 13.4. The van der Waals surface area contributed by atoms with Crippen LogP contribution in [0.25, 0.3) is 22.0 Å². The minimum atomic E-state index is -0.258. The number of pyridine rings is 1. The maximum absolute atomic E-state index is 13.4. The van der Waals surface area contributed by atoms with E-state index in [1.165, 1.54) is 12.8 Å². The SMILES string of the molecule is Cc1cc(C)c(CNC(=O)c2cc(-c3ccc(C=O)cc3)cc3c2cnn3C2CCCC2)c(=O)[nH]1. The van der Waals surface area contributed by atoms with Gasteiger partial charge in [-0.1, -0.05) is 37.1 Å².